The maximum Gasteiger partial charge on any atom is 0.321 e. The van der Waals surface area contributed by atoms with Crippen LogP contribution in [0.4, 0.5) is 10.5 Å². The Labute approximate surface area is 214 Å². The Balaban J connectivity index is 1.31. The number of anilines is 1. The molecule has 0 radical (unpaired) electrons. The third-order valence-electron chi connectivity index (χ3n) is 7.43. The highest BCUT2D eigenvalue weighted by Crippen LogP contribution is 2.41. The van der Waals surface area contributed by atoms with Crippen molar-refractivity contribution in [1.82, 2.24) is 9.80 Å². The summed E-state index contributed by atoms with van der Waals surface area (Å²) in [6.45, 7) is 5.18. The summed E-state index contributed by atoms with van der Waals surface area (Å²) in [6.07, 6.45) is 2.07. The van der Waals surface area contributed by atoms with Gasteiger partial charge in [0.2, 0.25) is 0 Å². The van der Waals surface area contributed by atoms with Crippen molar-refractivity contribution in [3.63, 3.8) is 0 Å². The van der Waals surface area contributed by atoms with Crippen LogP contribution in [0.1, 0.15) is 41.0 Å². The van der Waals surface area contributed by atoms with E-state index in [1.807, 2.05) is 66.4 Å². The molecule has 0 aromatic heterocycles. The van der Waals surface area contributed by atoms with Crippen LogP contribution < -0.4 is 11.1 Å². The third kappa shape index (κ3) is 5.31. The number of nitrogens with two attached hydrogens (primary N) is 1. The average molecular weight is 479 g/mol. The lowest BCUT2D eigenvalue weighted by Crippen LogP contribution is -2.68. The molecule has 0 unspecified atom stereocenters. The van der Waals surface area contributed by atoms with Gasteiger partial charge in [-0.3, -0.25) is 4.90 Å². The molecule has 5 heteroatoms. The molecule has 184 valence electrons. The van der Waals surface area contributed by atoms with E-state index in [0.717, 1.165) is 42.7 Å². The Morgan fingerprint density at radius 2 is 1.58 bits per heavy atom. The summed E-state index contributed by atoms with van der Waals surface area (Å²) in [5.74, 6) is 6.80. The average Bonchev–Trinajstić information content (AvgIpc) is 2.89. The SMILES string of the molecule is Cc1ccc(NC(=O)N2CCCCN3[C@H](CN)[C@H](c4ccc(C#Cc5ccccc5)cc4)[C@@H]3C2)cc1. The number of nitrogens with one attached hydrogen (secondary N) is 1. The van der Waals surface area contributed by atoms with Crippen LogP contribution in [0.25, 0.3) is 0 Å². The fraction of sp³-hybridized carbons (Fsp3) is 0.323. The smallest absolute Gasteiger partial charge is 0.321 e. The molecule has 2 aliphatic heterocycles. The summed E-state index contributed by atoms with van der Waals surface area (Å²) < 4.78 is 0. The Morgan fingerprint density at radius 3 is 2.28 bits per heavy atom. The van der Waals surface area contributed by atoms with Crippen LogP contribution in [0.15, 0.2) is 78.9 Å². The lowest BCUT2D eigenvalue weighted by Gasteiger charge is -2.57. The number of carbonyl (C=O) groups excluding carboxylic acids is 1. The van der Waals surface area contributed by atoms with Crippen molar-refractivity contribution in [3.05, 3.63) is 101 Å². The van der Waals surface area contributed by atoms with Crippen molar-refractivity contribution < 1.29 is 4.79 Å². The summed E-state index contributed by atoms with van der Waals surface area (Å²) in [5, 5.41) is 3.09. The summed E-state index contributed by atoms with van der Waals surface area (Å²) in [5.41, 5.74) is 11.6. The van der Waals surface area contributed by atoms with Gasteiger partial charge in [-0.05, 0) is 68.3 Å². The minimum atomic E-state index is -0.0258. The Hall–Kier alpha value is -3.59. The number of fused-ring (bicyclic) bond motifs is 1. The van der Waals surface area contributed by atoms with E-state index in [1.54, 1.807) is 0 Å². The van der Waals surface area contributed by atoms with Gasteiger partial charge in [-0.25, -0.2) is 4.79 Å². The van der Waals surface area contributed by atoms with Crippen LogP contribution in [-0.4, -0.2) is 54.1 Å². The molecule has 5 nitrogen and oxygen atoms in total. The predicted molar refractivity (Wildman–Crippen MR) is 146 cm³/mol. The third-order valence-corrected chi connectivity index (χ3v) is 7.43. The van der Waals surface area contributed by atoms with Crippen molar-refractivity contribution >= 4 is 11.7 Å². The lowest BCUT2D eigenvalue weighted by molar-refractivity contribution is -0.0305. The second-order valence-electron chi connectivity index (χ2n) is 9.82. The van der Waals surface area contributed by atoms with E-state index >= 15 is 0 Å². The second kappa shape index (κ2) is 11.0. The largest absolute Gasteiger partial charge is 0.329 e. The summed E-state index contributed by atoms with van der Waals surface area (Å²) in [4.78, 5) is 17.7. The number of aryl methyl sites for hydroxylation is 1. The van der Waals surface area contributed by atoms with Gasteiger partial charge in [-0.2, -0.15) is 0 Å². The van der Waals surface area contributed by atoms with E-state index in [-0.39, 0.29) is 12.1 Å². The van der Waals surface area contributed by atoms with Crippen LogP contribution >= 0.6 is 0 Å². The Morgan fingerprint density at radius 1 is 0.917 bits per heavy atom. The normalized spacial score (nSPS) is 21.7. The van der Waals surface area contributed by atoms with Crippen molar-refractivity contribution in [3.8, 4) is 11.8 Å². The van der Waals surface area contributed by atoms with Crippen molar-refractivity contribution in [2.24, 2.45) is 5.73 Å². The molecule has 3 aromatic rings. The van der Waals surface area contributed by atoms with Gasteiger partial charge >= 0.3 is 6.03 Å². The first-order chi connectivity index (χ1) is 17.6. The lowest BCUT2D eigenvalue weighted by atomic mass is 9.74. The number of amides is 2. The predicted octanol–water partition coefficient (Wildman–Crippen LogP) is 4.82. The first-order valence-electron chi connectivity index (χ1n) is 12.9. The minimum Gasteiger partial charge on any atom is -0.329 e. The monoisotopic (exact) mass is 478 g/mol. The highest BCUT2D eigenvalue weighted by molar-refractivity contribution is 5.89. The first kappa shape index (κ1) is 24.1. The molecule has 3 N–H and O–H groups in total. The molecule has 36 heavy (non-hydrogen) atoms. The molecular weight excluding hydrogens is 444 g/mol. The molecule has 2 heterocycles. The van der Waals surface area contributed by atoms with Crippen LogP contribution in [-0.2, 0) is 0 Å². The van der Waals surface area contributed by atoms with E-state index in [0.29, 0.717) is 25.0 Å². The fourth-order valence-electron chi connectivity index (χ4n) is 5.48. The molecular formula is C31H34N4O. The zero-order valence-corrected chi connectivity index (χ0v) is 20.9. The standard InChI is InChI=1S/C31H34N4O/c1-23-9-17-27(18-10-23)33-31(36)34-19-5-6-20-35-28(21-32)30(29(35)22-34)26-15-13-25(14-16-26)12-11-24-7-3-2-4-8-24/h2-4,7-10,13-18,28-30H,5-6,19-22,32H2,1H3,(H,33,36)/t28-,29+,30+/m1/s1. The molecule has 0 aliphatic carbocycles. The number of urea groups is 1. The van der Waals surface area contributed by atoms with E-state index in [4.69, 9.17) is 5.73 Å². The number of benzene rings is 3. The summed E-state index contributed by atoms with van der Waals surface area (Å²) in [6, 6.07) is 27.1. The summed E-state index contributed by atoms with van der Waals surface area (Å²) >= 11 is 0. The molecule has 0 saturated carbocycles. The van der Waals surface area contributed by atoms with Gasteiger partial charge in [-0.15, -0.1) is 0 Å². The van der Waals surface area contributed by atoms with Gasteiger partial charge < -0.3 is 16.0 Å². The Kier molecular flexibility index (Phi) is 7.36. The maximum absolute atomic E-state index is 13.2. The topological polar surface area (TPSA) is 61.6 Å². The van der Waals surface area contributed by atoms with Crippen LogP contribution in [0.5, 0.6) is 0 Å². The maximum atomic E-state index is 13.2. The number of nitrogens with zero attached hydrogens (tertiary/aromatic N) is 2. The molecule has 5 rings (SSSR count). The van der Waals surface area contributed by atoms with Crippen molar-refractivity contribution in [2.75, 3.05) is 31.5 Å². The van der Waals surface area contributed by atoms with Gasteiger partial charge in [0, 0.05) is 54.5 Å². The van der Waals surface area contributed by atoms with Gasteiger partial charge in [0.25, 0.3) is 0 Å². The van der Waals surface area contributed by atoms with E-state index < -0.39 is 0 Å². The fourth-order valence-corrected chi connectivity index (χ4v) is 5.48. The number of hydrogen-bond donors (Lipinski definition) is 2. The minimum absolute atomic E-state index is 0.0258. The van der Waals surface area contributed by atoms with Gasteiger partial charge in [0.05, 0.1) is 0 Å². The van der Waals surface area contributed by atoms with E-state index in [1.165, 1.54) is 11.1 Å². The van der Waals surface area contributed by atoms with Gasteiger partial charge in [0.15, 0.2) is 0 Å². The molecule has 2 aliphatic rings. The number of hydrogen-bond acceptors (Lipinski definition) is 3. The van der Waals surface area contributed by atoms with Gasteiger partial charge in [0.1, 0.15) is 0 Å². The molecule has 0 bridgehead atoms. The van der Waals surface area contributed by atoms with Gasteiger partial charge in [-0.1, -0.05) is 59.9 Å². The van der Waals surface area contributed by atoms with Crippen LogP contribution in [0, 0.1) is 18.8 Å². The van der Waals surface area contributed by atoms with Crippen molar-refractivity contribution in [2.45, 2.75) is 37.8 Å². The van der Waals surface area contributed by atoms with E-state index in [2.05, 4.69) is 46.3 Å². The zero-order chi connectivity index (χ0) is 24.9. The molecule has 2 saturated heterocycles. The molecule has 2 amide bonds. The van der Waals surface area contributed by atoms with E-state index in [9.17, 15) is 4.79 Å². The second-order valence-corrected chi connectivity index (χ2v) is 9.82. The van der Waals surface area contributed by atoms with Crippen LogP contribution in [0.3, 0.4) is 0 Å². The van der Waals surface area contributed by atoms with Crippen LogP contribution in [0.2, 0.25) is 0 Å². The summed E-state index contributed by atoms with van der Waals surface area (Å²) in [7, 11) is 0. The molecule has 3 atom stereocenters. The Bertz CT molecular complexity index is 1230. The highest BCUT2D eigenvalue weighted by Gasteiger charge is 2.49. The number of carbonyl (C=O) groups is 1. The zero-order valence-electron chi connectivity index (χ0n) is 20.9. The highest BCUT2D eigenvalue weighted by atomic mass is 16.2. The molecule has 3 aromatic carbocycles. The number of rotatable bonds is 3. The quantitative estimate of drug-likeness (QED) is 0.531. The van der Waals surface area contributed by atoms with Crippen molar-refractivity contribution in [1.29, 1.82) is 0 Å². The molecule has 0 spiro atoms. The molecule has 2 fully saturated rings. The first-order valence-corrected chi connectivity index (χ1v) is 12.9.